The fourth-order valence-corrected chi connectivity index (χ4v) is 2.32. The van der Waals surface area contributed by atoms with Gasteiger partial charge in [-0.3, -0.25) is 4.79 Å². The third-order valence-corrected chi connectivity index (χ3v) is 3.44. The first-order valence-electron chi connectivity index (χ1n) is 5.78. The minimum Gasteiger partial charge on any atom is -0.292 e. The van der Waals surface area contributed by atoms with Gasteiger partial charge in [-0.2, -0.15) is 5.26 Å². The van der Waals surface area contributed by atoms with Crippen LogP contribution in [0.4, 0.5) is 8.78 Å². The molecule has 1 atom stereocenters. The summed E-state index contributed by atoms with van der Waals surface area (Å²) in [6.07, 6.45) is 0. The van der Waals surface area contributed by atoms with E-state index in [1.165, 1.54) is 18.2 Å². The van der Waals surface area contributed by atoms with Gasteiger partial charge in [0, 0.05) is 15.6 Å². The molecule has 0 heterocycles. The van der Waals surface area contributed by atoms with Crippen LogP contribution in [0.15, 0.2) is 36.4 Å². The monoisotopic (exact) mass is 325 g/mol. The Kier molecular flexibility index (Phi) is 4.56. The lowest BCUT2D eigenvalue weighted by atomic mass is 9.91. The third-order valence-electron chi connectivity index (χ3n) is 2.88. The fraction of sp³-hybridized carbons (Fsp3) is 0.0667. The van der Waals surface area contributed by atoms with Crippen LogP contribution in [0.25, 0.3) is 0 Å². The second kappa shape index (κ2) is 6.21. The molecule has 0 spiro atoms. The number of ketones is 1. The topological polar surface area (TPSA) is 40.9 Å². The Bertz CT molecular complexity index is 736. The number of benzene rings is 2. The Morgan fingerprint density at radius 2 is 1.86 bits per heavy atom. The maximum atomic E-state index is 13.8. The average Bonchev–Trinajstić information content (AvgIpc) is 2.42. The lowest BCUT2D eigenvalue weighted by Crippen LogP contribution is -2.15. The highest BCUT2D eigenvalue weighted by molar-refractivity contribution is 6.32. The van der Waals surface area contributed by atoms with Gasteiger partial charge in [-0.25, -0.2) is 8.78 Å². The van der Waals surface area contributed by atoms with E-state index in [-0.39, 0.29) is 21.2 Å². The molecule has 0 aliphatic carbocycles. The highest BCUT2D eigenvalue weighted by Gasteiger charge is 2.28. The van der Waals surface area contributed by atoms with Gasteiger partial charge in [0.25, 0.3) is 0 Å². The normalized spacial score (nSPS) is 11.8. The number of rotatable bonds is 3. The molecular weight excluding hydrogens is 319 g/mol. The van der Waals surface area contributed by atoms with Crippen molar-refractivity contribution in [3.63, 3.8) is 0 Å². The smallest absolute Gasteiger partial charge is 0.187 e. The Morgan fingerprint density at radius 3 is 2.43 bits per heavy atom. The minimum absolute atomic E-state index is 0.0655. The van der Waals surface area contributed by atoms with E-state index >= 15 is 0 Å². The van der Waals surface area contributed by atoms with Gasteiger partial charge in [-0.1, -0.05) is 29.3 Å². The number of nitrogens with zero attached hydrogens (tertiary/aromatic N) is 1. The van der Waals surface area contributed by atoms with E-state index in [9.17, 15) is 13.6 Å². The second-order valence-electron chi connectivity index (χ2n) is 4.19. The number of hydrogen-bond donors (Lipinski definition) is 0. The van der Waals surface area contributed by atoms with Crippen molar-refractivity contribution >= 4 is 29.0 Å². The first-order valence-corrected chi connectivity index (χ1v) is 6.54. The summed E-state index contributed by atoms with van der Waals surface area (Å²) in [6, 6.07) is 8.87. The molecule has 0 aliphatic rings. The summed E-state index contributed by atoms with van der Waals surface area (Å²) in [5.74, 6) is -4.08. The molecule has 0 aromatic heterocycles. The summed E-state index contributed by atoms with van der Waals surface area (Å²) in [4.78, 5) is 12.3. The molecule has 2 nitrogen and oxygen atoms in total. The van der Waals surface area contributed by atoms with Crippen molar-refractivity contribution < 1.29 is 13.6 Å². The van der Waals surface area contributed by atoms with Gasteiger partial charge < -0.3 is 0 Å². The average molecular weight is 326 g/mol. The van der Waals surface area contributed by atoms with Gasteiger partial charge in [0.2, 0.25) is 0 Å². The summed E-state index contributed by atoms with van der Waals surface area (Å²) >= 11 is 11.4. The van der Waals surface area contributed by atoms with Crippen LogP contribution in [0.5, 0.6) is 0 Å². The van der Waals surface area contributed by atoms with E-state index in [0.29, 0.717) is 0 Å². The number of hydrogen-bond acceptors (Lipinski definition) is 2. The Hall–Kier alpha value is -1.96. The standard InChI is InChI=1S/C15H7Cl2F2NO/c16-8-4-5-9(13(19)6-8)15(21)10(7-20)14-11(17)2-1-3-12(14)18/h1-6,10H. The molecule has 0 radical (unpaired) electrons. The van der Waals surface area contributed by atoms with Gasteiger partial charge in [-0.05, 0) is 30.3 Å². The van der Waals surface area contributed by atoms with Crippen LogP contribution < -0.4 is 0 Å². The molecule has 0 saturated carbocycles. The van der Waals surface area contributed by atoms with Gasteiger partial charge in [0.05, 0.1) is 11.6 Å². The van der Waals surface area contributed by atoms with Gasteiger partial charge in [0.1, 0.15) is 17.6 Å². The molecule has 2 aromatic rings. The van der Waals surface area contributed by atoms with Gasteiger partial charge in [-0.15, -0.1) is 0 Å². The molecule has 1 unspecified atom stereocenters. The van der Waals surface area contributed by atoms with Crippen LogP contribution >= 0.6 is 23.2 Å². The quantitative estimate of drug-likeness (QED) is 0.763. The zero-order valence-corrected chi connectivity index (χ0v) is 11.9. The van der Waals surface area contributed by atoms with E-state index in [4.69, 9.17) is 28.5 Å². The van der Waals surface area contributed by atoms with Crippen molar-refractivity contribution in [3.8, 4) is 6.07 Å². The summed E-state index contributed by atoms with van der Waals surface area (Å²) in [6.45, 7) is 0. The molecule has 2 aromatic carbocycles. The van der Waals surface area contributed by atoms with E-state index in [1.807, 2.05) is 0 Å². The van der Waals surface area contributed by atoms with Gasteiger partial charge in [0.15, 0.2) is 5.78 Å². The van der Waals surface area contributed by atoms with Crippen LogP contribution in [0.2, 0.25) is 10.0 Å². The van der Waals surface area contributed by atoms with Crippen LogP contribution in [0.1, 0.15) is 21.8 Å². The SMILES string of the molecule is N#CC(C(=O)c1ccc(Cl)cc1F)c1c(F)cccc1Cl. The molecule has 0 aliphatic heterocycles. The van der Waals surface area contributed by atoms with E-state index in [0.717, 1.165) is 18.2 Å². The molecule has 0 bridgehead atoms. The maximum Gasteiger partial charge on any atom is 0.187 e. The summed E-state index contributed by atoms with van der Waals surface area (Å²) < 4.78 is 27.6. The summed E-state index contributed by atoms with van der Waals surface area (Å²) in [5, 5.41) is 9.21. The predicted octanol–water partition coefficient (Wildman–Crippen LogP) is 4.76. The van der Waals surface area contributed by atoms with E-state index in [2.05, 4.69) is 0 Å². The molecule has 0 saturated heterocycles. The van der Waals surface area contributed by atoms with Gasteiger partial charge >= 0.3 is 0 Å². The largest absolute Gasteiger partial charge is 0.292 e. The molecule has 6 heteroatoms. The van der Waals surface area contributed by atoms with Crippen LogP contribution in [0, 0.1) is 23.0 Å². The van der Waals surface area contributed by atoms with Crippen LogP contribution in [0.3, 0.4) is 0 Å². The van der Waals surface area contributed by atoms with Crippen molar-refractivity contribution in [1.82, 2.24) is 0 Å². The fourth-order valence-electron chi connectivity index (χ4n) is 1.89. The first-order chi connectivity index (χ1) is 9.95. The van der Waals surface area contributed by atoms with Crippen LogP contribution in [-0.2, 0) is 0 Å². The molecule has 0 fully saturated rings. The minimum atomic E-state index is -1.53. The van der Waals surface area contributed by atoms with E-state index in [1.54, 1.807) is 6.07 Å². The van der Waals surface area contributed by atoms with Crippen molar-refractivity contribution in [2.75, 3.05) is 0 Å². The first kappa shape index (κ1) is 15.4. The lowest BCUT2D eigenvalue weighted by molar-refractivity contribution is 0.0973. The van der Waals surface area contributed by atoms with Crippen molar-refractivity contribution in [2.24, 2.45) is 0 Å². The number of halogens is 4. The Balaban J connectivity index is 2.52. The third kappa shape index (κ3) is 3.05. The highest BCUT2D eigenvalue weighted by atomic mass is 35.5. The molecular formula is C15H7Cl2F2NO. The predicted molar refractivity (Wildman–Crippen MR) is 75.5 cm³/mol. The Labute approximate surface area is 129 Å². The summed E-state index contributed by atoms with van der Waals surface area (Å²) in [5.41, 5.74) is -0.605. The Morgan fingerprint density at radius 1 is 1.14 bits per heavy atom. The zero-order valence-electron chi connectivity index (χ0n) is 10.4. The summed E-state index contributed by atoms with van der Waals surface area (Å²) in [7, 11) is 0. The lowest BCUT2D eigenvalue weighted by Gasteiger charge is -2.12. The second-order valence-corrected chi connectivity index (χ2v) is 5.03. The molecule has 2 rings (SSSR count). The number of Topliss-reactive ketones (excluding diaryl/α,β-unsaturated/α-hetero) is 1. The highest BCUT2D eigenvalue weighted by Crippen LogP contribution is 2.30. The zero-order chi connectivity index (χ0) is 15.6. The van der Waals surface area contributed by atoms with Crippen molar-refractivity contribution in [3.05, 3.63) is 69.2 Å². The molecule has 106 valence electrons. The van der Waals surface area contributed by atoms with E-state index < -0.39 is 23.3 Å². The number of carbonyl (C=O) groups excluding carboxylic acids is 1. The maximum absolute atomic E-state index is 13.8. The molecule has 21 heavy (non-hydrogen) atoms. The number of nitriles is 1. The molecule has 0 N–H and O–H groups in total. The van der Waals surface area contributed by atoms with Crippen LogP contribution in [-0.4, -0.2) is 5.78 Å². The van der Waals surface area contributed by atoms with Crippen molar-refractivity contribution in [2.45, 2.75) is 5.92 Å². The van der Waals surface area contributed by atoms with Crippen molar-refractivity contribution in [1.29, 1.82) is 5.26 Å². The molecule has 0 amide bonds. The number of carbonyl (C=O) groups is 1.